The molecule has 1 aliphatic carbocycles. The Morgan fingerprint density at radius 3 is 2.07 bits per heavy atom. The highest BCUT2D eigenvalue weighted by Gasteiger charge is 2.45. The van der Waals surface area contributed by atoms with Gasteiger partial charge < -0.3 is 9.47 Å². The summed E-state index contributed by atoms with van der Waals surface area (Å²) >= 11 is 0. The molecule has 0 amide bonds. The molecule has 0 aromatic heterocycles. The van der Waals surface area contributed by atoms with E-state index < -0.39 is 0 Å². The van der Waals surface area contributed by atoms with E-state index in [-0.39, 0.29) is 24.0 Å². The van der Waals surface area contributed by atoms with E-state index in [1.54, 1.807) is 0 Å². The number of esters is 2. The van der Waals surface area contributed by atoms with Crippen LogP contribution in [0.5, 0.6) is 0 Å². The minimum atomic E-state index is -0.334. The quantitative estimate of drug-likeness (QED) is 0.528. The van der Waals surface area contributed by atoms with Crippen molar-refractivity contribution in [1.29, 1.82) is 0 Å². The van der Waals surface area contributed by atoms with Crippen LogP contribution >= 0.6 is 0 Å². The largest absolute Gasteiger partial charge is 0.462 e. The molecule has 4 heteroatoms. The van der Waals surface area contributed by atoms with Gasteiger partial charge in [-0.15, -0.1) is 0 Å². The van der Waals surface area contributed by atoms with Crippen molar-refractivity contribution in [2.24, 2.45) is 5.92 Å². The molecule has 84 valence electrons. The summed E-state index contributed by atoms with van der Waals surface area (Å²) in [5, 5.41) is 0. The predicted octanol–water partition coefficient (Wildman–Crippen LogP) is 1.79. The Hall–Kier alpha value is -1.32. The van der Waals surface area contributed by atoms with E-state index in [0.29, 0.717) is 5.76 Å². The van der Waals surface area contributed by atoms with Crippen molar-refractivity contribution in [1.82, 2.24) is 0 Å². The molecule has 0 aromatic rings. The van der Waals surface area contributed by atoms with Gasteiger partial charge in [-0.05, 0) is 25.8 Å². The fraction of sp³-hybridized carbons (Fsp3) is 0.636. The zero-order valence-electron chi connectivity index (χ0n) is 9.49. The number of hydrogen-bond donors (Lipinski definition) is 0. The Balaban J connectivity index is 2.59. The number of ether oxygens (including phenoxy) is 2. The van der Waals surface area contributed by atoms with Gasteiger partial charge in [-0.3, -0.25) is 9.59 Å². The van der Waals surface area contributed by atoms with Crippen molar-refractivity contribution in [3.63, 3.8) is 0 Å². The van der Waals surface area contributed by atoms with Crippen LogP contribution in [0, 0.1) is 5.92 Å². The second-order valence-electron chi connectivity index (χ2n) is 3.95. The van der Waals surface area contributed by atoms with Crippen LogP contribution in [0.3, 0.4) is 0 Å². The summed E-state index contributed by atoms with van der Waals surface area (Å²) in [7, 11) is 0. The van der Waals surface area contributed by atoms with Crippen molar-refractivity contribution in [2.75, 3.05) is 0 Å². The van der Waals surface area contributed by atoms with E-state index in [2.05, 4.69) is 0 Å². The molecule has 0 N–H and O–H groups in total. The van der Waals surface area contributed by atoms with Crippen molar-refractivity contribution in [3.05, 3.63) is 11.3 Å². The minimum Gasteiger partial charge on any atom is -0.462 e. The van der Waals surface area contributed by atoms with Crippen LogP contribution < -0.4 is 0 Å². The van der Waals surface area contributed by atoms with Gasteiger partial charge in [0.25, 0.3) is 0 Å². The minimum absolute atomic E-state index is 0.0581. The van der Waals surface area contributed by atoms with Crippen LogP contribution in [-0.2, 0) is 19.1 Å². The van der Waals surface area contributed by atoms with Gasteiger partial charge in [-0.2, -0.15) is 0 Å². The Bertz CT molecular complexity index is 313. The molecular formula is C11H16O4. The smallest absolute Gasteiger partial charge is 0.307 e. The number of allylic oxidation sites excluding steroid dienone is 1. The maximum Gasteiger partial charge on any atom is 0.307 e. The molecule has 2 atom stereocenters. The fourth-order valence-corrected chi connectivity index (χ4v) is 1.49. The first-order valence-electron chi connectivity index (χ1n) is 4.94. The van der Waals surface area contributed by atoms with E-state index in [9.17, 15) is 9.59 Å². The number of carbonyl (C=O) groups is 2. The van der Waals surface area contributed by atoms with Gasteiger partial charge >= 0.3 is 11.9 Å². The van der Waals surface area contributed by atoms with Crippen molar-refractivity contribution in [3.8, 4) is 0 Å². The van der Waals surface area contributed by atoms with Crippen molar-refractivity contribution >= 4 is 11.9 Å². The molecule has 0 saturated heterocycles. The summed E-state index contributed by atoms with van der Waals surface area (Å²) in [5.41, 5.74) is 0.949. The molecule has 0 spiro atoms. The van der Waals surface area contributed by atoms with Gasteiger partial charge in [0.1, 0.15) is 11.9 Å². The van der Waals surface area contributed by atoms with E-state index in [1.807, 2.05) is 13.8 Å². The van der Waals surface area contributed by atoms with Gasteiger partial charge in [0, 0.05) is 13.8 Å². The molecule has 0 aliphatic heterocycles. The lowest BCUT2D eigenvalue weighted by Crippen LogP contribution is -2.08. The zero-order chi connectivity index (χ0) is 11.6. The third kappa shape index (κ3) is 3.38. The highest BCUT2D eigenvalue weighted by atomic mass is 16.6. The third-order valence-corrected chi connectivity index (χ3v) is 2.13. The summed E-state index contributed by atoms with van der Waals surface area (Å²) in [5.74, 6) is 0.0784. The molecule has 0 bridgehead atoms. The average molecular weight is 212 g/mol. The molecule has 0 heterocycles. The second kappa shape index (κ2) is 4.47. The Morgan fingerprint density at radius 1 is 1.07 bits per heavy atom. The molecule has 0 unspecified atom stereocenters. The molecule has 15 heavy (non-hydrogen) atoms. The van der Waals surface area contributed by atoms with Crippen LogP contribution in [-0.4, -0.2) is 18.0 Å². The van der Waals surface area contributed by atoms with Crippen molar-refractivity contribution < 1.29 is 19.1 Å². The Morgan fingerprint density at radius 2 is 1.67 bits per heavy atom. The van der Waals surface area contributed by atoms with Gasteiger partial charge in [-0.1, -0.05) is 0 Å². The van der Waals surface area contributed by atoms with Crippen LogP contribution in [0.25, 0.3) is 0 Å². The van der Waals surface area contributed by atoms with Crippen molar-refractivity contribution in [2.45, 2.75) is 40.2 Å². The first kappa shape index (κ1) is 11.8. The zero-order valence-corrected chi connectivity index (χ0v) is 9.49. The molecule has 1 fully saturated rings. The third-order valence-electron chi connectivity index (χ3n) is 2.13. The Labute approximate surface area is 89.2 Å². The maximum absolute atomic E-state index is 10.9. The number of carbonyl (C=O) groups excluding carboxylic acids is 2. The van der Waals surface area contributed by atoms with E-state index in [0.717, 1.165) is 12.0 Å². The molecule has 0 aromatic carbocycles. The van der Waals surface area contributed by atoms with E-state index >= 15 is 0 Å². The normalized spacial score (nSPS) is 22.9. The summed E-state index contributed by atoms with van der Waals surface area (Å²) < 4.78 is 10.1. The summed E-state index contributed by atoms with van der Waals surface area (Å²) in [6.45, 7) is 6.50. The molecule has 4 nitrogen and oxygen atoms in total. The van der Waals surface area contributed by atoms with Gasteiger partial charge in [-0.25, -0.2) is 0 Å². The van der Waals surface area contributed by atoms with Crippen LogP contribution in [0.2, 0.25) is 0 Å². The van der Waals surface area contributed by atoms with E-state index in [4.69, 9.17) is 9.47 Å². The number of rotatable bonds is 3. The highest BCUT2D eigenvalue weighted by Crippen LogP contribution is 2.41. The monoisotopic (exact) mass is 212 g/mol. The molecule has 1 rings (SSSR count). The number of hydrogen-bond acceptors (Lipinski definition) is 4. The van der Waals surface area contributed by atoms with Gasteiger partial charge in [0.05, 0.1) is 5.92 Å². The lowest BCUT2D eigenvalue weighted by molar-refractivity contribution is -0.142. The molecule has 0 radical (unpaired) electrons. The van der Waals surface area contributed by atoms with E-state index in [1.165, 1.54) is 13.8 Å². The first-order valence-corrected chi connectivity index (χ1v) is 4.94. The van der Waals surface area contributed by atoms with Crippen LogP contribution in [0.4, 0.5) is 0 Å². The standard InChI is InChI=1S/C11H16O4/c1-6(2)11(15-8(4)13)9-5-10(9)14-7(3)12/h9-10H,5H2,1-4H3/t9-,10+/m1/s1. The molecular weight excluding hydrogens is 196 g/mol. The lowest BCUT2D eigenvalue weighted by Gasteiger charge is -2.08. The van der Waals surface area contributed by atoms with Gasteiger partial charge in [0.2, 0.25) is 0 Å². The van der Waals surface area contributed by atoms with Crippen LogP contribution in [0.15, 0.2) is 11.3 Å². The second-order valence-corrected chi connectivity index (χ2v) is 3.95. The molecule has 1 saturated carbocycles. The predicted molar refractivity (Wildman–Crippen MR) is 53.8 cm³/mol. The molecule has 1 aliphatic rings. The summed E-state index contributed by atoms with van der Waals surface area (Å²) in [6.07, 6.45) is 0.625. The topological polar surface area (TPSA) is 52.6 Å². The average Bonchev–Trinajstić information content (AvgIpc) is 2.77. The first-order chi connectivity index (χ1) is 6.91. The van der Waals surface area contributed by atoms with Crippen LogP contribution in [0.1, 0.15) is 34.1 Å². The summed E-state index contributed by atoms with van der Waals surface area (Å²) in [6, 6.07) is 0. The fourth-order valence-electron chi connectivity index (χ4n) is 1.49. The van der Waals surface area contributed by atoms with Gasteiger partial charge in [0.15, 0.2) is 0 Å². The highest BCUT2D eigenvalue weighted by molar-refractivity contribution is 5.68. The SMILES string of the molecule is CC(=O)OC(=C(C)C)[C@@H]1C[C@@H]1OC(C)=O. The Kier molecular flexibility index (Phi) is 3.50. The maximum atomic E-state index is 10.9. The lowest BCUT2D eigenvalue weighted by atomic mass is 10.2. The summed E-state index contributed by atoms with van der Waals surface area (Å²) in [4.78, 5) is 21.6.